The van der Waals surface area contributed by atoms with E-state index < -0.39 is 60.4 Å². The lowest BCUT2D eigenvalue weighted by molar-refractivity contribution is -0.146. The summed E-state index contributed by atoms with van der Waals surface area (Å²) in [7, 11) is 0. The maximum atomic E-state index is 12.8. The van der Waals surface area contributed by atoms with Crippen molar-refractivity contribution in [2.75, 3.05) is 13.2 Å². The van der Waals surface area contributed by atoms with Crippen molar-refractivity contribution in [2.45, 2.75) is 70.1 Å². The normalized spacial score (nSPS) is 19.7. The standard InChI is InChI=1S/C19H32N4O8/c1-3-10(2)15(19(30)31)22-17(28)13-5-4-8-23(13)18(29)12(9-24)21-16(27)11(20)6-7-14(25)26/h10-13,15,24H,3-9,20H2,1-2H3,(H,21,27)(H,22,28)(H,25,26)(H,30,31). The highest BCUT2D eigenvalue weighted by Crippen LogP contribution is 2.20. The van der Waals surface area contributed by atoms with Gasteiger partial charge in [-0.15, -0.1) is 0 Å². The van der Waals surface area contributed by atoms with Gasteiger partial charge in [-0.3, -0.25) is 19.2 Å². The highest BCUT2D eigenvalue weighted by atomic mass is 16.4. The van der Waals surface area contributed by atoms with Crippen LogP contribution < -0.4 is 16.4 Å². The van der Waals surface area contributed by atoms with E-state index in [4.69, 9.17) is 10.8 Å². The van der Waals surface area contributed by atoms with Crippen molar-refractivity contribution in [3.05, 3.63) is 0 Å². The Morgan fingerprint density at radius 3 is 2.32 bits per heavy atom. The van der Waals surface area contributed by atoms with Crippen molar-refractivity contribution in [3.8, 4) is 0 Å². The van der Waals surface area contributed by atoms with Crippen LogP contribution in [0.5, 0.6) is 0 Å². The van der Waals surface area contributed by atoms with Gasteiger partial charge in [-0.2, -0.15) is 0 Å². The predicted octanol–water partition coefficient (Wildman–Crippen LogP) is -1.74. The minimum Gasteiger partial charge on any atom is -0.481 e. The summed E-state index contributed by atoms with van der Waals surface area (Å²) in [6, 6.07) is -4.57. The number of carboxylic acid groups (broad SMARTS) is 2. The van der Waals surface area contributed by atoms with E-state index in [2.05, 4.69) is 10.6 Å². The quantitative estimate of drug-likeness (QED) is 0.202. The fourth-order valence-corrected chi connectivity index (χ4v) is 3.31. The molecule has 0 radical (unpaired) electrons. The van der Waals surface area contributed by atoms with Crippen LogP contribution in [-0.2, 0) is 24.0 Å². The van der Waals surface area contributed by atoms with Crippen LogP contribution in [0, 0.1) is 5.92 Å². The number of carbonyl (C=O) groups excluding carboxylic acids is 3. The average molecular weight is 444 g/mol. The van der Waals surface area contributed by atoms with Crippen molar-refractivity contribution >= 4 is 29.7 Å². The van der Waals surface area contributed by atoms with E-state index in [1.165, 1.54) is 4.90 Å². The van der Waals surface area contributed by atoms with Gasteiger partial charge in [-0.1, -0.05) is 20.3 Å². The van der Waals surface area contributed by atoms with Crippen LogP contribution in [0.4, 0.5) is 0 Å². The first-order valence-electron chi connectivity index (χ1n) is 10.3. The number of rotatable bonds is 12. The summed E-state index contributed by atoms with van der Waals surface area (Å²) >= 11 is 0. The van der Waals surface area contributed by atoms with E-state index in [1.807, 2.05) is 0 Å². The number of carboxylic acids is 2. The monoisotopic (exact) mass is 444 g/mol. The third-order valence-corrected chi connectivity index (χ3v) is 5.42. The molecule has 1 aliphatic rings. The molecule has 0 aromatic heterocycles. The molecule has 0 bridgehead atoms. The Morgan fingerprint density at radius 2 is 1.81 bits per heavy atom. The Labute approximate surface area is 180 Å². The fraction of sp³-hybridized carbons (Fsp3) is 0.737. The number of aliphatic carboxylic acids is 2. The number of hydrogen-bond acceptors (Lipinski definition) is 7. The molecule has 12 nitrogen and oxygen atoms in total. The van der Waals surface area contributed by atoms with Gasteiger partial charge in [-0.05, 0) is 25.2 Å². The SMILES string of the molecule is CCC(C)C(NC(=O)C1CCCN1C(=O)C(CO)NC(=O)C(N)CCC(=O)O)C(=O)O. The summed E-state index contributed by atoms with van der Waals surface area (Å²) in [6.45, 7) is 2.95. The molecule has 0 saturated carbocycles. The fourth-order valence-electron chi connectivity index (χ4n) is 3.31. The zero-order valence-electron chi connectivity index (χ0n) is 17.7. The molecule has 176 valence electrons. The zero-order chi connectivity index (χ0) is 23.7. The molecule has 0 spiro atoms. The number of nitrogens with zero attached hydrogens (tertiary/aromatic N) is 1. The lowest BCUT2D eigenvalue weighted by Crippen LogP contribution is -2.58. The number of aliphatic hydroxyl groups excluding tert-OH is 1. The molecule has 5 unspecified atom stereocenters. The summed E-state index contributed by atoms with van der Waals surface area (Å²) < 4.78 is 0. The molecular formula is C19H32N4O8. The Balaban J connectivity index is 2.82. The number of nitrogens with one attached hydrogen (secondary N) is 2. The number of likely N-dealkylation sites (tertiary alicyclic amines) is 1. The number of carbonyl (C=O) groups is 5. The van der Waals surface area contributed by atoms with Gasteiger partial charge in [0.05, 0.1) is 12.6 Å². The number of hydrogen-bond donors (Lipinski definition) is 6. The van der Waals surface area contributed by atoms with E-state index in [1.54, 1.807) is 13.8 Å². The Hall–Kier alpha value is -2.73. The molecule has 0 aromatic rings. The van der Waals surface area contributed by atoms with Crippen LogP contribution in [0.3, 0.4) is 0 Å². The van der Waals surface area contributed by atoms with Gasteiger partial charge in [0.1, 0.15) is 18.1 Å². The van der Waals surface area contributed by atoms with Gasteiger partial charge in [-0.25, -0.2) is 4.79 Å². The van der Waals surface area contributed by atoms with Crippen molar-refractivity contribution in [3.63, 3.8) is 0 Å². The number of amides is 3. The smallest absolute Gasteiger partial charge is 0.326 e. The molecule has 1 fully saturated rings. The Morgan fingerprint density at radius 1 is 1.16 bits per heavy atom. The molecule has 0 aromatic carbocycles. The number of nitrogens with two attached hydrogens (primary N) is 1. The first-order valence-corrected chi connectivity index (χ1v) is 10.3. The summed E-state index contributed by atoms with van der Waals surface area (Å²) in [5, 5.41) is 32.4. The second kappa shape index (κ2) is 12.2. The third-order valence-electron chi connectivity index (χ3n) is 5.42. The van der Waals surface area contributed by atoms with Crippen LogP contribution in [-0.4, -0.2) is 87.2 Å². The highest BCUT2D eigenvalue weighted by molar-refractivity contribution is 5.94. The van der Waals surface area contributed by atoms with E-state index >= 15 is 0 Å². The second-order valence-corrected chi connectivity index (χ2v) is 7.68. The highest BCUT2D eigenvalue weighted by Gasteiger charge is 2.39. The molecule has 1 aliphatic heterocycles. The van der Waals surface area contributed by atoms with Crippen molar-refractivity contribution in [1.29, 1.82) is 0 Å². The molecule has 12 heteroatoms. The molecule has 5 atom stereocenters. The minimum atomic E-state index is -1.36. The van der Waals surface area contributed by atoms with Gasteiger partial charge in [0.2, 0.25) is 17.7 Å². The molecule has 7 N–H and O–H groups in total. The topological polar surface area (TPSA) is 199 Å². The summed E-state index contributed by atoms with van der Waals surface area (Å²) in [4.78, 5) is 61.0. The molecule has 3 amide bonds. The Bertz CT molecular complexity index is 686. The molecule has 1 heterocycles. The summed E-state index contributed by atoms with van der Waals surface area (Å²) in [5.74, 6) is -4.72. The van der Waals surface area contributed by atoms with Gasteiger partial charge in [0.25, 0.3) is 0 Å². The van der Waals surface area contributed by atoms with Gasteiger partial charge < -0.3 is 36.6 Å². The summed E-state index contributed by atoms with van der Waals surface area (Å²) in [6.07, 6.45) is 0.866. The maximum Gasteiger partial charge on any atom is 0.326 e. The van der Waals surface area contributed by atoms with Gasteiger partial charge in [0.15, 0.2) is 0 Å². The summed E-state index contributed by atoms with van der Waals surface area (Å²) in [5.41, 5.74) is 5.62. The van der Waals surface area contributed by atoms with Crippen molar-refractivity contribution in [1.82, 2.24) is 15.5 Å². The van der Waals surface area contributed by atoms with Crippen molar-refractivity contribution in [2.24, 2.45) is 11.7 Å². The van der Waals surface area contributed by atoms with Crippen LogP contribution in [0.2, 0.25) is 0 Å². The third kappa shape index (κ3) is 7.47. The van der Waals surface area contributed by atoms with E-state index in [-0.39, 0.29) is 25.3 Å². The van der Waals surface area contributed by atoms with Gasteiger partial charge >= 0.3 is 11.9 Å². The van der Waals surface area contributed by atoms with Gasteiger partial charge in [0, 0.05) is 13.0 Å². The lowest BCUT2D eigenvalue weighted by atomic mass is 9.98. The number of aliphatic hydroxyl groups is 1. The molecule has 1 rings (SSSR count). The second-order valence-electron chi connectivity index (χ2n) is 7.68. The lowest BCUT2D eigenvalue weighted by Gasteiger charge is -2.30. The van der Waals surface area contributed by atoms with E-state index in [0.29, 0.717) is 19.3 Å². The maximum absolute atomic E-state index is 12.8. The Kier molecular flexibility index (Phi) is 10.4. The first-order chi connectivity index (χ1) is 14.5. The van der Waals surface area contributed by atoms with E-state index in [9.17, 15) is 34.2 Å². The predicted molar refractivity (Wildman–Crippen MR) is 108 cm³/mol. The van der Waals surface area contributed by atoms with Crippen LogP contribution >= 0.6 is 0 Å². The zero-order valence-corrected chi connectivity index (χ0v) is 17.7. The molecule has 31 heavy (non-hydrogen) atoms. The molecular weight excluding hydrogens is 412 g/mol. The largest absolute Gasteiger partial charge is 0.481 e. The molecule has 0 aliphatic carbocycles. The van der Waals surface area contributed by atoms with Crippen molar-refractivity contribution < 1.29 is 39.3 Å². The first kappa shape index (κ1) is 26.3. The van der Waals surface area contributed by atoms with Crippen LogP contribution in [0.15, 0.2) is 0 Å². The minimum absolute atomic E-state index is 0.144. The van der Waals surface area contributed by atoms with E-state index in [0.717, 1.165) is 0 Å². The van der Waals surface area contributed by atoms with Crippen LogP contribution in [0.25, 0.3) is 0 Å². The average Bonchev–Trinajstić information content (AvgIpc) is 3.22. The van der Waals surface area contributed by atoms with Crippen LogP contribution in [0.1, 0.15) is 46.0 Å². The molecule has 1 saturated heterocycles.